The highest BCUT2D eigenvalue weighted by Gasteiger charge is 2.19. The summed E-state index contributed by atoms with van der Waals surface area (Å²) < 4.78 is 16.8. The second-order valence-corrected chi connectivity index (χ2v) is 18.8. The summed E-state index contributed by atoms with van der Waals surface area (Å²) in [6.07, 6.45) is 75.6. The van der Waals surface area contributed by atoms with Crippen LogP contribution in [0.3, 0.4) is 0 Å². The van der Waals surface area contributed by atoms with Crippen LogP contribution in [0.25, 0.3) is 0 Å². The Morgan fingerprint density at radius 1 is 0.304 bits per heavy atom. The SMILES string of the molecule is CC/C=C\C/C=C\C/C=C\C/C=C\CCCCCCCCCCC(=O)OCC(COC(=O)CC/C=C\C/C=C\C/C=C\C/C=C\CC)OC(=O)CCCCCCCCCCCCCCCCCCC. The first kappa shape index (κ1) is 65.3. The Kier molecular flexibility index (Phi) is 53.9. The van der Waals surface area contributed by atoms with Crippen LogP contribution in [0.1, 0.15) is 265 Å². The number of carbonyl (C=O) groups is 3. The molecule has 6 heteroatoms. The van der Waals surface area contributed by atoms with Crippen molar-refractivity contribution in [3.63, 3.8) is 0 Å². The van der Waals surface area contributed by atoms with E-state index >= 15 is 0 Å². The lowest BCUT2D eigenvalue weighted by molar-refractivity contribution is -0.166. The smallest absolute Gasteiger partial charge is 0.306 e. The van der Waals surface area contributed by atoms with Crippen LogP contribution in [0.4, 0.5) is 0 Å². The van der Waals surface area contributed by atoms with Gasteiger partial charge in [-0.1, -0.05) is 259 Å². The molecule has 0 radical (unpaired) electrons. The molecule has 0 aromatic rings. The third-order valence-corrected chi connectivity index (χ3v) is 12.1. The predicted molar refractivity (Wildman–Crippen MR) is 297 cm³/mol. The largest absolute Gasteiger partial charge is 0.462 e. The van der Waals surface area contributed by atoms with Crippen LogP contribution >= 0.6 is 0 Å². The summed E-state index contributed by atoms with van der Waals surface area (Å²) >= 11 is 0. The summed E-state index contributed by atoms with van der Waals surface area (Å²) in [6.45, 7) is 6.36. The number of rotatable bonds is 51. The van der Waals surface area contributed by atoms with Crippen LogP contribution < -0.4 is 0 Å². The molecule has 0 aromatic heterocycles. The van der Waals surface area contributed by atoms with Crippen LogP contribution in [0.5, 0.6) is 0 Å². The Morgan fingerprint density at radius 3 is 0.971 bits per heavy atom. The number of carbonyl (C=O) groups excluding carboxylic acids is 3. The van der Waals surface area contributed by atoms with Gasteiger partial charge in [0.25, 0.3) is 0 Å². The number of unbranched alkanes of at least 4 members (excludes halogenated alkanes) is 24. The van der Waals surface area contributed by atoms with E-state index in [1.807, 2.05) is 6.08 Å². The van der Waals surface area contributed by atoms with Crippen LogP contribution in [0.15, 0.2) is 97.2 Å². The van der Waals surface area contributed by atoms with Crippen LogP contribution in [0, 0.1) is 0 Å². The van der Waals surface area contributed by atoms with Crippen LogP contribution in [0.2, 0.25) is 0 Å². The molecule has 0 bridgehead atoms. The van der Waals surface area contributed by atoms with Gasteiger partial charge >= 0.3 is 17.9 Å². The Balaban J connectivity index is 4.41. The summed E-state index contributed by atoms with van der Waals surface area (Å²) in [5, 5.41) is 0. The van der Waals surface area contributed by atoms with Crippen LogP contribution in [-0.2, 0) is 28.6 Å². The zero-order chi connectivity index (χ0) is 50.0. The number of hydrogen-bond donors (Lipinski definition) is 0. The van der Waals surface area contributed by atoms with Crippen molar-refractivity contribution >= 4 is 17.9 Å². The monoisotopic (exact) mass is 959 g/mol. The maximum Gasteiger partial charge on any atom is 0.306 e. The van der Waals surface area contributed by atoms with Gasteiger partial charge in [0.15, 0.2) is 6.10 Å². The quantitative estimate of drug-likeness (QED) is 0.0262. The van der Waals surface area contributed by atoms with E-state index in [0.717, 1.165) is 96.3 Å². The minimum absolute atomic E-state index is 0.102. The lowest BCUT2D eigenvalue weighted by atomic mass is 10.0. The summed E-state index contributed by atoms with van der Waals surface area (Å²) in [5.74, 6) is -0.989. The molecule has 394 valence electrons. The van der Waals surface area contributed by atoms with Crippen molar-refractivity contribution in [2.45, 2.75) is 271 Å². The Bertz CT molecular complexity index is 1380. The van der Waals surface area contributed by atoms with E-state index in [4.69, 9.17) is 14.2 Å². The van der Waals surface area contributed by atoms with Crippen molar-refractivity contribution < 1.29 is 28.6 Å². The third-order valence-electron chi connectivity index (χ3n) is 12.1. The first-order chi connectivity index (χ1) is 34.0. The molecule has 69 heavy (non-hydrogen) atoms. The van der Waals surface area contributed by atoms with Crippen molar-refractivity contribution in [1.82, 2.24) is 0 Å². The summed E-state index contributed by atoms with van der Waals surface area (Å²) in [4.78, 5) is 38.1. The molecular formula is C63H106O6. The van der Waals surface area contributed by atoms with Crippen molar-refractivity contribution in [2.75, 3.05) is 13.2 Å². The van der Waals surface area contributed by atoms with Gasteiger partial charge in [0, 0.05) is 19.3 Å². The third kappa shape index (κ3) is 55.1. The van der Waals surface area contributed by atoms with Crippen molar-refractivity contribution in [3.05, 3.63) is 97.2 Å². The minimum atomic E-state index is -0.809. The normalized spacial score (nSPS) is 12.8. The molecule has 0 aliphatic heterocycles. The van der Waals surface area contributed by atoms with E-state index in [2.05, 4.69) is 112 Å². The Morgan fingerprint density at radius 2 is 0.594 bits per heavy atom. The second-order valence-electron chi connectivity index (χ2n) is 18.8. The fraction of sp³-hybridized carbons (Fsp3) is 0.698. The van der Waals surface area contributed by atoms with Crippen LogP contribution in [-0.4, -0.2) is 37.2 Å². The maximum absolute atomic E-state index is 12.9. The standard InChI is InChI=1S/C63H106O6/c1-4-7-10-13-16-19-22-25-27-29-30-31-32-34-35-38-41-44-47-50-53-56-62(65)68-59-60(58-67-61(64)55-52-49-46-43-40-37-24-21-18-15-12-9-6-3)69-63(66)57-54-51-48-45-42-39-36-33-28-26-23-20-17-14-11-8-5-2/h7,9-10,12,16,18-19,21,25,27,30-31,37,40,46,49,60H,4-6,8,11,13-15,17,20,22-24,26,28-29,32-36,38-39,41-45,47-48,50-59H2,1-3H3/b10-7-,12-9-,19-16-,21-18-,27-25-,31-30-,40-37-,49-46-. The van der Waals surface area contributed by atoms with Crippen molar-refractivity contribution in [2.24, 2.45) is 0 Å². The molecule has 0 aromatic carbocycles. The van der Waals surface area contributed by atoms with Gasteiger partial charge in [-0.3, -0.25) is 14.4 Å². The zero-order valence-corrected chi connectivity index (χ0v) is 45.0. The van der Waals surface area contributed by atoms with Gasteiger partial charge in [0.05, 0.1) is 0 Å². The van der Waals surface area contributed by atoms with E-state index in [1.165, 1.54) is 122 Å². The molecule has 0 amide bonds. The van der Waals surface area contributed by atoms with Gasteiger partial charge in [-0.15, -0.1) is 0 Å². The number of allylic oxidation sites excluding steroid dienone is 16. The summed E-state index contributed by atoms with van der Waals surface area (Å²) in [7, 11) is 0. The van der Waals surface area contributed by atoms with E-state index in [9.17, 15) is 14.4 Å². The minimum Gasteiger partial charge on any atom is -0.462 e. The maximum atomic E-state index is 12.9. The predicted octanol–water partition coefficient (Wildman–Crippen LogP) is 19.3. The lowest BCUT2D eigenvalue weighted by Crippen LogP contribution is -2.30. The highest BCUT2D eigenvalue weighted by Crippen LogP contribution is 2.16. The lowest BCUT2D eigenvalue weighted by Gasteiger charge is -2.18. The molecule has 0 rings (SSSR count). The number of ether oxygens (including phenoxy) is 3. The Labute approximate surface area is 426 Å². The molecule has 0 spiro atoms. The number of esters is 3. The first-order valence-corrected chi connectivity index (χ1v) is 28.7. The molecule has 0 heterocycles. The molecular weight excluding hydrogens is 853 g/mol. The molecule has 0 N–H and O–H groups in total. The van der Waals surface area contributed by atoms with Gasteiger partial charge in [0.2, 0.25) is 0 Å². The average molecular weight is 960 g/mol. The van der Waals surface area contributed by atoms with Gasteiger partial charge in [-0.25, -0.2) is 0 Å². The highest BCUT2D eigenvalue weighted by atomic mass is 16.6. The molecule has 0 aliphatic rings. The summed E-state index contributed by atoms with van der Waals surface area (Å²) in [5.41, 5.74) is 0. The second kappa shape index (κ2) is 56.9. The van der Waals surface area contributed by atoms with Gasteiger partial charge < -0.3 is 14.2 Å². The fourth-order valence-corrected chi connectivity index (χ4v) is 7.86. The molecule has 0 saturated carbocycles. The van der Waals surface area contributed by atoms with E-state index in [-0.39, 0.29) is 37.5 Å². The molecule has 6 nitrogen and oxygen atoms in total. The van der Waals surface area contributed by atoms with E-state index in [0.29, 0.717) is 19.3 Å². The van der Waals surface area contributed by atoms with Gasteiger partial charge in [0.1, 0.15) is 13.2 Å². The Hall–Kier alpha value is -3.67. The molecule has 0 fully saturated rings. The molecule has 1 atom stereocenters. The van der Waals surface area contributed by atoms with Gasteiger partial charge in [-0.2, -0.15) is 0 Å². The molecule has 1 unspecified atom stereocenters. The molecule has 0 aliphatic carbocycles. The highest BCUT2D eigenvalue weighted by molar-refractivity contribution is 5.71. The fourth-order valence-electron chi connectivity index (χ4n) is 7.86. The van der Waals surface area contributed by atoms with Crippen molar-refractivity contribution in [3.8, 4) is 0 Å². The average Bonchev–Trinajstić information content (AvgIpc) is 3.35. The van der Waals surface area contributed by atoms with E-state index < -0.39 is 6.10 Å². The topological polar surface area (TPSA) is 78.9 Å². The molecule has 0 saturated heterocycles. The van der Waals surface area contributed by atoms with E-state index in [1.54, 1.807) is 0 Å². The van der Waals surface area contributed by atoms with Crippen molar-refractivity contribution in [1.29, 1.82) is 0 Å². The number of hydrogen-bond acceptors (Lipinski definition) is 6. The first-order valence-electron chi connectivity index (χ1n) is 28.7. The zero-order valence-electron chi connectivity index (χ0n) is 45.0. The summed E-state index contributed by atoms with van der Waals surface area (Å²) in [6, 6.07) is 0. The van der Waals surface area contributed by atoms with Gasteiger partial charge in [-0.05, 0) is 83.5 Å².